The van der Waals surface area contributed by atoms with E-state index in [2.05, 4.69) is 99.6 Å². The van der Waals surface area contributed by atoms with Gasteiger partial charge in [0.15, 0.2) is 0 Å². The number of rotatable bonds is 7. The third-order valence-corrected chi connectivity index (χ3v) is 4.73. The SMILES string of the molecule is C=C.C=CC(C1=CC(Cc2ccc(CNc3ccccc3)cc2)=CC1)=C(C)C.CC. The van der Waals surface area contributed by atoms with Crippen molar-refractivity contribution in [1.82, 2.24) is 0 Å². The Labute approximate surface area is 184 Å². The van der Waals surface area contributed by atoms with E-state index in [1.165, 1.54) is 33.4 Å². The van der Waals surface area contributed by atoms with Crippen LogP contribution in [0.25, 0.3) is 0 Å². The van der Waals surface area contributed by atoms with Crippen molar-refractivity contribution in [2.45, 2.75) is 47.1 Å². The van der Waals surface area contributed by atoms with Crippen LogP contribution in [0.5, 0.6) is 0 Å². The van der Waals surface area contributed by atoms with E-state index < -0.39 is 0 Å². The average molecular weight is 400 g/mol. The lowest BCUT2D eigenvalue weighted by Crippen LogP contribution is -1.99. The molecule has 1 heteroatoms. The Morgan fingerprint density at radius 2 is 1.53 bits per heavy atom. The predicted octanol–water partition coefficient (Wildman–Crippen LogP) is 8.45. The maximum absolute atomic E-state index is 3.96. The molecule has 0 heterocycles. The van der Waals surface area contributed by atoms with Crippen molar-refractivity contribution >= 4 is 5.69 Å². The summed E-state index contributed by atoms with van der Waals surface area (Å²) >= 11 is 0. The molecule has 1 nitrogen and oxygen atoms in total. The van der Waals surface area contributed by atoms with Crippen LogP contribution in [0.3, 0.4) is 0 Å². The summed E-state index contributed by atoms with van der Waals surface area (Å²) in [6.45, 7) is 19.1. The molecule has 0 fully saturated rings. The minimum Gasteiger partial charge on any atom is -0.381 e. The van der Waals surface area contributed by atoms with Crippen molar-refractivity contribution < 1.29 is 0 Å². The van der Waals surface area contributed by atoms with Crippen LogP contribution in [0, 0.1) is 0 Å². The summed E-state index contributed by atoms with van der Waals surface area (Å²) in [6, 6.07) is 19.2. The molecule has 0 aliphatic heterocycles. The lowest BCUT2D eigenvalue weighted by Gasteiger charge is -2.08. The first-order valence-corrected chi connectivity index (χ1v) is 10.7. The summed E-state index contributed by atoms with van der Waals surface area (Å²) in [5, 5.41) is 3.45. The standard InChI is InChI=1S/C25H27N.C2H6.C2H4/c1-4-25(19(2)3)23-15-14-22(17-23)16-20-10-12-21(13-11-20)18-26-24-8-6-5-7-9-24;2*1-2/h4-14,17,26H,1,15-16,18H2,2-3H3;1-2H3;1-2H2. The molecule has 1 N–H and O–H groups in total. The zero-order valence-corrected chi connectivity index (χ0v) is 19.2. The first-order chi connectivity index (χ1) is 14.7. The maximum Gasteiger partial charge on any atom is 0.0400 e. The van der Waals surface area contributed by atoms with E-state index in [1.807, 2.05) is 26.0 Å². The van der Waals surface area contributed by atoms with Gasteiger partial charge in [0.1, 0.15) is 0 Å². The molecule has 0 unspecified atom stereocenters. The van der Waals surface area contributed by atoms with Crippen molar-refractivity contribution in [3.05, 3.63) is 126 Å². The number of hydrogen-bond donors (Lipinski definition) is 1. The molecule has 1 aliphatic rings. The van der Waals surface area contributed by atoms with Crippen molar-refractivity contribution in [3.8, 4) is 0 Å². The number of hydrogen-bond acceptors (Lipinski definition) is 1. The normalized spacial score (nSPS) is 11.6. The Bertz CT molecular complexity index is 860. The molecule has 0 radical (unpaired) electrons. The molecule has 2 aromatic rings. The summed E-state index contributed by atoms with van der Waals surface area (Å²) in [5.41, 5.74) is 9.22. The second-order valence-corrected chi connectivity index (χ2v) is 6.98. The van der Waals surface area contributed by atoms with Gasteiger partial charge >= 0.3 is 0 Å². The monoisotopic (exact) mass is 399 g/mol. The molecular weight excluding hydrogens is 362 g/mol. The summed E-state index contributed by atoms with van der Waals surface area (Å²) in [5.74, 6) is 0. The van der Waals surface area contributed by atoms with Gasteiger partial charge in [-0.15, -0.1) is 13.2 Å². The van der Waals surface area contributed by atoms with Gasteiger partial charge in [-0.2, -0.15) is 0 Å². The van der Waals surface area contributed by atoms with Gasteiger partial charge in [0.2, 0.25) is 0 Å². The van der Waals surface area contributed by atoms with Crippen LogP contribution in [0.4, 0.5) is 5.69 Å². The number of nitrogens with one attached hydrogen (secondary N) is 1. The smallest absolute Gasteiger partial charge is 0.0400 e. The van der Waals surface area contributed by atoms with Crippen LogP contribution in [-0.4, -0.2) is 0 Å². The van der Waals surface area contributed by atoms with Crippen LogP contribution in [-0.2, 0) is 13.0 Å². The Kier molecular flexibility index (Phi) is 11.7. The fraction of sp³-hybridized carbons (Fsp3) is 0.241. The third-order valence-electron chi connectivity index (χ3n) is 4.73. The fourth-order valence-corrected chi connectivity index (χ4v) is 3.32. The highest BCUT2D eigenvalue weighted by Gasteiger charge is 2.10. The van der Waals surface area contributed by atoms with Gasteiger partial charge in [0.25, 0.3) is 0 Å². The van der Waals surface area contributed by atoms with Crippen LogP contribution in [0.2, 0.25) is 0 Å². The van der Waals surface area contributed by atoms with Gasteiger partial charge in [-0.05, 0) is 66.7 Å². The minimum absolute atomic E-state index is 0.848. The first kappa shape index (κ1) is 25.0. The van der Waals surface area contributed by atoms with Crippen molar-refractivity contribution in [2.24, 2.45) is 0 Å². The van der Waals surface area contributed by atoms with E-state index in [-0.39, 0.29) is 0 Å². The molecule has 0 bridgehead atoms. The van der Waals surface area contributed by atoms with Crippen molar-refractivity contribution in [1.29, 1.82) is 0 Å². The molecular formula is C29H37N. The molecule has 0 amide bonds. The Hall–Kier alpha value is -3.06. The van der Waals surface area contributed by atoms with Crippen LogP contribution < -0.4 is 5.32 Å². The van der Waals surface area contributed by atoms with Crippen molar-refractivity contribution in [2.75, 3.05) is 5.32 Å². The van der Waals surface area contributed by atoms with E-state index in [1.54, 1.807) is 0 Å². The number of benzene rings is 2. The largest absolute Gasteiger partial charge is 0.381 e. The molecule has 1 aliphatic carbocycles. The highest BCUT2D eigenvalue weighted by molar-refractivity contribution is 5.51. The predicted molar refractivity (Wildman–Crippen MR) is 136 cm³/mol. The van der Waals surface area contributed by atoms with Gasteiger partial charge in [0.05, 0.1) is 0 Å². The highest BCUT2D eigenvalue weighted by Crippen LogP contribution is 2.28. The summed E-state index contributed by atoms with van der Waals surface area (Å²) < 4.78 is 0. The van der Waals surface area contributed by atoms with Crippen LogP contribution in [0.1, 0.15) is 45.2 Å². The van der Waals surface area contributed by atoms with Crippen molar-refractivity contribution in [3.63, 3.8) is 0 Å². The molecule has 30 heavy (non-hydrogen) atoms. The molecule has 0 saturated heterocycles. The quantitative estimate of drug-likeness (QED) is 0.364. The Balaban J connectivity index is 0.00000106. The van der Waals surface area contributed by atoms with Gasteiger partial charge in [-0.1, -0.05) is 86.7 Å². The first-order valence-electron chi connectivity index (χ1n) is 10.7. The van der Waals surface area contributed by atoms with Crippen LogP contribution >= 0.6 is 0 Å². The zero-order chi connectivity index (χ0) is 22.4. The van der Waals surface area contributed by atoms with E-state index >= 15 is 0 Å². The molecule has 0 saturated carbocycles. The molecule has 2 aromatic carbocycles. The molecule has 158 valence electrons. The van der Waals surface area contributed by atoms with Gasteiger partial charge < -0.3 is 5.32 Å². The molecule has 0 atom stereocenters. The number of allylic oxidation sites excluding steroid dienone is 7. The second kappa shape index (κ2) is 14.0. The van der Waals surface area contributed by atoms with E-state index in [0.717, 1.165) is 25.1 Å². The van der Waals surface area contributed by atoms with E-state index in [9.17, 15) is 0 Å². The number of para-hydroxylation sites is 1. The van der Waals surface area contributed by atoms with Gasteiger partial charge in [-0.3, -0.25) is 0 Å². The maximum atomic E-state index is 3.96. The molecule has 3 rings (SSSR count). The topological polar surface area (TPSA) is 12.0 Å². The highest BCUT2D eigenvalue weighted by atomic mass is 14.9. The minimum atomic E-state index is 0.848. The van der Waals surface area contributed by atoms with Gasteiger partial charge in [-0.25, -0.2) is 0 Å². The third kappa shape index (κ3) is 7.75. The van der Waals surface area contributed by atoms with Crippen LogP contribution in [0.15, 0.2) is 115 Å². The summed E-state index contributed by atoms with van der Waals surface area (Å²) in [7, 11) is 0. The van der Waals surface area contributed by atoms with Gasteiger partial charge in [0, 0.05) is 12.2 Å². The Morgan fingerprint density at radius 1 is 0.933 bits per heavy atom. The zero-order valence-electron chi connectivity index (χ0n) is 19.2. The van der Waals surface area contributed by atoms with E-state index in [4.69, 9.17) is 0 Å². The fourth-order valence-electron chi connectivity index (χ4n) is 3.32. The second-order valence-electron chi connectivity index (χ2n) is 6.98. The lowest BCUT2D eigenvalue weighted by molar-refractivity contribution is 1.13. The van der Waals surface area contributed by atoms with E-state index in [0.29, 0.717) is 0 Å². The lowest BCUT2D eigenvalue weighted by atomic mass is 10.00. The summed E-state index contributed by atoms with van der Waals surface area (Å²) in [6.07, 6.45) is 8.65. The number of anilines is 1. The molecule has 0 spiro atoms. The Morgan fingerprint density at radius 3 is 2.10 bits per heavy atom. The molecule has 0 aromatic heterocycles. The average Bonchev–Trinajstić information content (AvgIpc) is 3.25. The summed E-state index contributed by atoms with van der Waals surface area (Å²) in [4.78, 5) is 0.